The molecule has 0 radical (unpaired) electrons. The van der Waals surface area contributed by atoms with Crippen LogP contribution in [0, 0.1) is 5.82 Å². The number of hydrogen-bond donors (Lipinski definition) is 1. The Morgan fingerprint density at radius 2 is 1.89 bits per heavy atom. The minimum Gasteiger partial charge on any atom is -0.346 e. The van der Waals surface area contributed by atoms with Crippen molar-refractivity contribution < 1.29 is 17.6 Å². The van der Waals surface area contributed by atoms with Gasteiger partial charge in [-0.25, -0.2) is 17.8 Å². The predicted molar refractivity (Wildman–Crippen MR) is 99.0 cm³/mol. The molecule has 0 fully saturated rings. The highest BCUT2D eigenvalue weighted by atomic mass is 32.2. The average molecular weight is 387 g/mol. The molecule has 140 valence electrons. The van der Waals surface area contributed by atoms with Crippen LogP contribution >= 0.6 is 0 Å². The molecule has 8 heteroatoms. The molecular weight excluding hydrogens is 369 g/mol. The van der Waals surface area contributed by atoms with Gasteiger partial charge < -0.3 is 5.32 Å². The minimum absolute atomic E-state index is 0.0975. The van der Waals surface area contributed by atoms with Gasteiger partial charge in [-0.1, -0.05) is 18.2 Å². The number of sulfone groups is 1. The maximum atomic E-state index is 13.0. The van der Waals surface area contributed by atoms with Gasteiger partial charge in [0, 0.05) is 29.9 Å². The Kier molecular flexibility index (Phi) is 5.09. The zero-order valence-corrected chi connectivity index (χ0v) is 15.6. The zero-order valence-electron chi connectivity index (χ0n) is 14.8. The molecule has 27 heavy (non-hydrogen) atoms. The first-order valence-electron chi connectivity index (χ1n) is 8.16. The van der Waals surface area contributed by atoms with E-state index in [0.717, 1.165) is 11.8 Å². The fourth-order valence-electron chi connectivity index (χ4n) is 2.67. The molecule has 1 N–H and O–H groups in total. The largest absolute Gasteiger partial charge is 0.346 e. The number of carbonyl (C=O) groups excluding carboxylic acids is 1. The van der Waals surface area contributed by atoms with Gasteiger partial charge in [-0.15, -0.1) is 0 Å². The molecule has 0 unspecified atom stereocenters. The first-order chi connectivity index (χ1) is 12.8. The molecule has 1 atom stereocenters. The molecule has 1 amide bonds. The van der Waals surface area contributed by atoms with E-state index in [0.29, 0.717) is 11.3 Å². The van der Waals surface area contributed by atoms with Crippen LogP contribution in [0.4, 0.5) is 4.39 Å². The third kappa shape index (κ3) is 4.22. The van der Waals surface area contributed by atoms with E-state index in [4.69, 9.17) is 0 Å². The van der Waals surface area contributed by atoms with Crippen molar-refractivity contribution in [3.63, 3.8) is 0 Å². The maximum absolute atomic E-state index is 13.0. The van der Waals surface area contributed by atoms with Gasteiger partial charge >= 0.3 is 0 Å². The Balaban J connectivity index is 1.84. The van der Waals surface area contributed by atoms with Crippen molar-refractivity contribution in [1.82, 2.24) is 14.9 Å². The van der Waals surface area contributed by atoms with E-state index in [1.54, 1.807) is 43.3 Å². The predicted octanol–water partition coefficient (Wildman–Crippen LogP) is 2.91. The van der Waals surface area contributed by atoms with Gasteiger partial charge in [0.25, 0.3) is 5.91 Å². The molecule has 3 aromatic rings. The second-order valence-corrected chi connectivity index (χ2v) is 8.06. The standard InChI is InChI=1S/C19H18FN3O3S/c1-13(14-6-8-16(20)9-7-14)22-18(24)15-4-3-5-17(12-15)23-11-10-21-19(23)27(2,25)26/h3-13H,1-2H3,(H,22,24)/t13-/m0/s1. The van der Waals surface area contributed by atoms with E-state index in [1.165, 1.54) is 29.1 Å². The Morgan fingerprint density at radius 1 is 1.19 bits per heavy atom. The number of hydrogen-bond acceptors (Lipinski definition) is 4. The molecular formula is C19H18FN3O3S. The molecule has 3 rings (SSSR count). The van der Waals surface area contributed by atoms with Crippen molar-refractivity contribution in [3.8, 4) is 5.69 Å². The average Bonchev–Trinajstić information content (AvgIpc) is 3.12. The van der Waals surface area contributed by atoms with Crippen molar-refractivity contribution >= 4 is 15.7 Å². The molecule has 0 aliphatic rings. The Bertz CT molecular complexity index is 1080. The molecule has 1 aromatic heterocycles. The second-order valence-electron chi connectivity index (χ2n) is 6.15. The number of nitrogens with one attached hydrogen (secondary N) is 1. The first kappa shape index (κ1) is 18.8. The van der Waals surface area contributed by atoms with Crippen molar-refractivity contribution in [1.29, 1.82) is 0 Å². The molecule has 0 aliphatic carbocycles. The third-order valence-electron chi connectivity index (χ3n) is 4.04. The molecule has 0 spiro atoms. The molecule has 6 nitrogen and oxygen atoms in total. The monoisotopic (exact) mass is 387 g/mol. The Morgan fingerprint density at radius 3 is 2.56 bits per heavy atom. The lowest BCUT2D eigenvalue weighted by Crippen LogP contribution is -2.26. The number of nitrogens with zero attached hydrogens (tertiary/aromatic N) is 2. The summed E-state index contributed by atoms with van der Waals surface area (Å²) in [6.45, 7) is 1.80. The molecule has 2 aromatic carbocycles. The van der Waals surface area contributed by atoms with E-state index in [2.05, 4.69) is 10.3 Å². The van der Waals surface area contributed by atoms with Crippen LogP contribution in [0.2, 0.25) is 0 Å². The second kappa shape index (κ2) is 7.32. The van der Waals surface area contributed by atoms with Gasteiger partial charge in [-0.05, 0) is 42.8 Å². The van der Waals surface area contributed by atoms with Crippen LogP contribution in [0.25, 0.3) is 5.69 Å². The van der Waals surface area contributed by atoms with Crippen molar-refractivity contribution in [2.75, 3.05) is 6.26 Å². The topological polar surface area (TPSA) is 81.1 Å². The lowest BCUT2D eigenvalue weighted by molar-refractivity contribution is 0.0940. The van der Waals surface area contributed by atoms with Gasteiger partial charge in [-0.3, -0.25) is 9.36 Å². The van der Waals surface area contributed by atoms with E-state index in [1.807, 2.05) is 0 Å². The van der Waals surface area contributed by atoms with Crippen molar-refractivity contribution in [3.05, 3.63) is 77.9 Å². The van der Waals surface area contributed by atoms with Crippen LogP contribution in [-0.4, -0.2) is 30.1 Å². The number of halogens is 1. The fraction of sp³-hybridized carbons (Fsp3) is 0.158. The van der Waals surface area contributed by atoms with Crippen LogP contribution in [0.5, 0.6) is 0 Å². The van der Waals surface area contributed by atoms with Crippen molar-refractivity contribution in [2.24, 2.45) is 0 Å². The van der Waals surface area contributed by atoms with Crippen LogP contribution in [0.1, 0.15) is 28.9 Å². The number of aromatic nitrogens is 2. The van der Waals surface area contributed by atoms with Crippen molar-refractivity contribution in [2.45, 2.75) is 18.1 Å². The van der Waals surface area contributed by atoms with E-state index in [9.17, 15) is 17.6 Å². The fourth-order valence-corrected chi connectivity index (χ4v) is 3.45. The van der Waals surface area contributed by atoms with E-state index in [-0.39, 0.29) is 22.9 Å². The maximum Gasteiger partial charge on any atom is 0.251 e. The smallest absolute Gasteiger partial charge is 0.251 e. The van der Waals surface area contributed by atoms with Gasteiger partial charge in [0.05, 0.1) is 6.04 Å². The summed E-state index contributed by atoms with van der Waals surface area (Å²) >= 11 is 0. The number of benzene rings is 2. The van der Waals surface area contributed by atoms with E-state index >= 15 is 0 Å². The molecule has 0 saturated heterocycles. The van der Waals surface area contributed by atoms with Gasteiger partial charge in [0.2, 0.25) is 15.0 Å². The highest BCUT2D eigenvalue weighted by Crippen LogP contribution is 2.18. The summed E-state index contributed by atoms with van der Waals surface area (Å²) in [5.74, 6) is -0.665. The number of carbonyl (C=O) groups is 1. The summed E-state index contributed by atoms with van der Waals surface area (Å²) in [7, 11) is -3.51. The number of rotatable bonds is 5. The zero-order chi connectivity index (χ0) is 19.6. The highest BCUT2D eigenvalue weighted by Gasteiger charge is 2.17. The molecule has 1 heterocycles. The number of imidazole rings is 1. The van der Waals surface area contributed by atoms with Gasteiger partial charge in [0.15, 0.2) is 0 Å². The quantitative estimate of drug-likeness (QED) is 0.730. The summed E-state index contributed by atoms with van der Waals surface area (Å²) in [4.78, 5) is 16.4. The normalized spacial score (nSPS) is 12.6. The summed E-state index contributed by atoms with van der Waals surface area (Å²) in [6, 6.07) is 12.2. The summed E-state index contributed by atoms with van der Waals surface area (Å²) in [5, 5.41) is 2.75. The molecule has 0 saturated carbocycles. The highest BCUT2D eigenvalue weighted by molar-refractivity contribution is 7.90. The Hall–Kier alpha value is -3.00. The van der Waals surface area contributed by atoms with Gasteiger partial charge in [0.1, 0.15) is 5.82 Å². The summed E-state index contributed by atoms with van der Waals surface area (Å²) in [5.41, 5.74) is 1.65. The summed E-state index contributed by atoms with van der Waals surface area (Å²) in [6.07, 6.45) is 3.99. The van der Waals surface area contributed by atoms with Crippen LogP contribution in [0.15, 0.2) is 66.1 Å². The van der Waals surface area contributed by atoms with Gasteiger partial charge in [-0.2, -0.15) is 0 Å². The van der Waals surface area contributed by atoms with E-state index < -0.39 is 9.84 Å². The third-order valence-corrected chi connectivity index (χ3v) is 5.01. The minimum atomic E-state index is -3.51. The lowest BCUT2D eigenvalue weighted by Gasteiger charge is -2.15. The lowest BCUT2D eigenvalue weighted by atomic mass is 10.1. The number of amides is 1. The van der Waals surface area contributed by atoms with Crippen LogP contribution in [-0.2, 0) is 9.84 Å². The molecule has 0 aliphatic heterocycles. The Labute approximate surface area is 156 Å². The SMILES string of the molecule is C[C@H](NC(=O)c1cccc(-n2ccnc2S(C)(=O)=O)c1)c1ccc(F)cc1. The van der Waals surface area contributed by atoms with Crippen LogP contribution in [0.3, 0.4) is 0 Å². The summed E-state index contributed by atoms with van der Waals surface area (Å²) < 4.78 is 38.1. The molecule has 0 bridgehead atoms. The first-order valence-corrected chi connectivity index (χ1v) is 10.0. The van der Waals surface area contributed by atoms with Crippen LogP contribution < -0.4 is 5.32 Å².